The number of rotatable bonds is 3. The first kappa shape index (κ1) is 15.0. The van der Waals surface area contributed by atoms with Crippen molar-refractivity contribution in [1.82, 2.24) is 5.32 Å². The summed E-state index contributed by atoms with van der Waals surface area (Å²) in [5.41, 5.74) is 6.83. The lowest BCUT2D eigenvalue weighted by molar-refractivity contribution is 0.0950. The molecule has 0 saturated carbocycles. The molecule has 3 nitrogen and oxygen atoms in total. The van der Waals surface area contributed by atoms with Gasteiger partial charge in [-0.2, -0.15) is 11.8 Å². The van der Waals surface area contributed by atoms with Gasteiger partial charge in [-0.25, -0.2) is 0 Å². The van der Waals surface area contributed by atoms with E-state index >= 15 is 0 Å². The fourth-order valence-corrected chi connectivity index (χ4v) is 3.48. The number of amides is 1. The van der Waals surface area contributed by atoms with E-state index in [9.17, 15) is 4.79 Å². The molecule has 0 bridgehead atoms. The summed E-state index contributed by atoms with van der Waals surface area (Å²) in [6, 6.07) is 7.35. The minimum Gasteiger partial charge on any atom is -0.351 e. The molecule has 1 aliphatic heterocycles. The van der Waals surface area contributed by atoms with Crippen LogP contribution in [0.5, 0.6) is 0 Å². The Morgan fingerprint density at radius 2 is 2.40 bits per heavy atom. The van der Waals surface area contributed by atoms with Crippen molar-refractivity contribution in [3.63, 3.8) is 0 Å². The maximum atomic E-state index is 12.2. The van der Waals surface area contributed by atoms with Crippen molar-refractivity contribution in [2.45, 2.75) is 24.5 Å². The highest BCUT2D eigenvalue weighted by molar-refractivity contribution is 8.00. The Morgan fingerprint density at radius 3 is 3.10 bits per heavy atom. The number of carbonyl (C=O) groups excluding carboxylic acids is 1. The summed E-state index contributed by atoms with van der Waals surface area (Å²) in [7, 11) is 0. The molecule has 2 rings (SSSR count). The average Bonchev–Trinajstić information content (AvgIpc) is 2.90. The summed E-state index contributed by atoms with van der Waals surface area (Å²) in [6.45, 7) is 3.26. The van der Waals surface area contributed by atoms with Crippen molar-refractivity contribution in [3.05, 3.63) is 35.4 Å². The van der Waals surface area contributed by atoms with Crippen molar-refractivity contribution in [1.29, 1.82) is 0 Å². The van der Waals surface area contributed by atoms with Crippen molar-refractivity contribution in [2.24, 2.45) is 5.73 Å². The van der Waals surface area contributed by atoms with Crippen LogP contribution in [0.4, 0.5) is 0 Å². The lowest BCUT2D eigenvalue weighted by atomic mass is 10.1. The molecule has 1 heterocycles. The van der Waals surface area contributed by atoms with Crippen molar-refractivity contribution < 1.29 is 4.79 Å². The van der Waals surface area contributed by atoms with Gasteiger partial charge < -0.3 is 11.1 Å². The van der Waals surface area contributed by atoms with Gasteiger partial charge in [0.15, 0.2) is 0 Å². The Bertz CT molecular complexity index is 539. The molecule has 1 fully saturated rings. The molecule has 106 valence electrons. The number of nitrogens with two attached hydrogens (primary N) is 1. The molecule has 4 heteroatoms. The third kappa shape index (κ3) is 4.03. The van der Waals surface area contributed by atoms with Crippen LogP contribution >= 0.6 is 11.8 Å². The molecule has 1 aromatic rings. The van der Waals surface area contributed by atoms with Crippen LogP contribution in [-0.4, -0.2) is 29.5 Å². The maximum Gasteiger partial charge on any atom is 0.251 e. The van der Waals surface area contributed by atoms with Crippen LogP contribution in [0.3, 0.4) is 0 Å². The second-order valence-corrected chi connectivity index (χ2v) is 6.85. The first-order valence-electron chi connectivity index (χ1n) is 6.84. The molecule has 0 aliphatic carbocycles. The zero-order valence-electron chi connectivity index (χ0n) is 11.7. The van der Waals surface area contributed by atoms with Gasteiger partial charge in [-0.05, 0) is 43.7 Å². The number of hydrogen-bond donors (Lipinski definition) is 2. The predicted octanol–water partition coefficient (Wildman–Crippen LogP) is 2.01. The summed E-state index contributed by atoms with van der Waals surface area (Å²) < 4.78 is 0.187. The molecule has 20 heavy (non-hydrogen) atoms. The SMILES string of the molecule is CC1(CNC(=O)c2cccc(C#CCN)c2)CCCS1. The van der Waals surface area contributed by atoms with Crippen LogP contribution < -0.4 is 11.1 Å². The van der Waals surface area contributed by atoms with Gasteiger partial charge in [0.2, 0.25) is 0 Å². The van der Waals surface area contributed by atoms with E-state index in [1.165, 1.54) is 18.6 Å². The molecule has 0 aromatic heterocycles. The Hall–Kier alpha value is -1.44. The lowest BCUT2D eigenvalue weighted by Gasteiger charge is -2.22. The van der Waals surface area contributed by atoms with Crippen LogP contribution in [0, 0.1) is 11.8 Å². The van der Waals surface area contributed by atoms with E-state index in [4.69, 9.17) is 5.73 Å². The highest BCUT2D eigenvalue weighted by atomic mass is 32.2. The number of carbonyl (C=O) groups is 1. The summed E-state index contributed by atoms with van der Waals surface area (Å²) in [5, 5.41) is 3.03. The predicted molar refractivity (Wildman–Crippen MR) is 84.8 cm³/mol. The third-order valence-electron chi connectivity index (χ3n) is 3.38. The van der Waals surface area contributed by atoms with E-state index in [1.807, 2.05) is 36.0 Å². The molecular weight excluding hydrogens is 268 g/mol. The van der Waals surface area contributed by atoms with Gasteiger partial charge >= 0.3 is 0 Å². The van der Waals surface area contributed by atoms with E-state index < -0.39 is 0 Å². The lowest BCUT2D eigenvalue weighted by Crippen LogP contribution is -2.36. The Morgan fingerprint density at radius 1 is 1.55 bits per heavy atom. The monoisotopic (exact) mass is 288 g/mol. The van der Waals surface area contributed by atoms with Crippen molar-refractivity contribution in [3.8, 4) is 11.8 Å². The molecule has 1 amide bonds. The molecule has 1 saturated heterocycles. The Kier molecular flexibility index (Phi) is 5.11. The molecule has 1 aromatic carbocycles. The average molecular weight is 288 g/mol. The minimum absolute atomic E-state index is 0.0323. The number of hydrogen-bond acceptors (Lipinski definition) is 3. The van der Waals surface area contributed by atoms with Gasteiger partial charge in [0, 0.05) is 22.4 Å². The quantitative estimate of drug-likeness (QED) is 0.837. The Balaban J connectivity index is 1.98. The van der Waals surface area contributed by atoms with Gasteiger partial charge in [-0.3, -0.25) is 4.79 Å². The standard InChI is InChI=1S/C16H20N2OS/c1-16(8-4-10-20-16)12-18-15(19)14-7-2-5-13(11-14)6-3-9-17/h2,5,7,11H,4,8-10,12,17H2,1H3,(H,18,19). The van der Waals surface area contributed by atoms with Crippen LogP contribution in [0.1, 0.15) is 35.7 Å². The molecule has 0 spiro atoms. The van der Waals surface area contributed by atoms with E-state index in [0.717, 1.165) is 12.1 Å². The van der Waals surface area contributed by atoms with E-state index in [0.29, 0.717) is 12.1 Å². The summed E-state index contributed by atoms with van der Waals surface area (Å²) >= 11 is 1.95. The van der Waals surface area contributed by atoms with E-state index in [1.54, 1.807) is 0 Å². The second-order valence-electron chi connectivity index (χ2n) is 5.17. The maximum absolute atomic E-state index is 12.2. The summed E-state index contributed by atoms with van der Waals surface area (Å²) in [6.07, 6.45) is 2.40. The minimum atomic E-state index is -0.0323. The molecule has 0 radical (unpaired) electrons. The number of thioether (sulfide) groups is 1. The molecular formula is C16H20N2OS. The van der Waals surface area contributed by atoms with Crippen LogP contribution in [-0.2, 0) is 0 Å². The second kappa shape index (κ2) is 6.83. The summed E-state index contributed by atoms with van der Waals surface area (Å²) in [5.74, 6) is 6.90. The normalized spacial score (nSPS) is 21.1. The van der Waals surface area contributed by atoms with Gasteiger partial charge in [-0.1, -0.05) is 17.9 Å². The number of benzene rings is 1. The fourth-order valence-electron chi connectivity index (χ4n) is 2.24. The van der Waals surface area contributed by atoms with Crippen molar-refractivity contribution >= 4 is 17.7 Å². The third-order valence-corrected chi connectivity index (χ3v) is 4.92. The molecule has 1 atom stereocenters. The molecule has 1 unspecified atom stereocenters. The zero-order chi connectivity index (χ0) is 14.4. The van der Waals surface area contributed by atoms with Gasteiger partial charge in [0.25, 0.3) is 5.91 Å². The van der Waals surface area contributed by atoms with Crippen LogP contribution in [0.15, 0.2) is 24.3 Å². The first-order chi connectivity index (χ1) is 9.63. The van der Waals surface area contributed by atoms with E-state index in [-0.39, 0.29) is 10.7 Å². The van der Waals surface area contributed by atoms with Crippen LogP contribution in [0.2, 0.25) is 0 Å². The van der Waals surface area contributed by atoms with Crippen LogP contribution in [0.25, 0.3) is 0 Å². The smallest absolute Gasteiger partial charge is 0.251 e. The zero-order valence-corrected chi connectivity index (χ0v) is 12.6. The fraction of sp³-hybridized carbons (Fsp3) is 0.438. The first-order valence-corrected chi connectivity index (χ1v) is 7.83. The van der Waals surface area contributed by atoms with Gasteiger partial charge in [0.05, 0.1) is 6.54 Å². The van der Waals surface area contributed by atoms with E-state index in [2.05, 4.69) is 24.1 Å². The summed E-state index contributed by atoms with van der Waals surface area (Å²) in [4.78, 5) is 12.2. The van der Waals surface area contributed by atoms with Gasteiger partial charge in [-0.15, -0.1) is 0 Å². The highest BCUT2D eigenvalue weighted by Crippen LogP contribution is 2.36. The Labute approximate surface area is 124 Å². The number of nitrogens with one attached hydrogen (secondary N) is 1. The largest absolute Gasteiger partial charge is 0.351 e. The van der Waals surface area contributed by atoms with Crippen molar-refractivity contribution in [2.75, 3.05) is 18.8 Å². The van der Waals surface area contributed by atoms with Gasteiger partial charge in [0.1, 0.15) is 0 Å². The topological polar surface area (TPSA) is 55.1 Å². The molecule has 3 N–H and O–H groups in total. The highest BCUT2D eigenvalue weighted by Gasteiger charge is 2.29. The molecule has 1 aliphatic rings.